The number of hydrogen-bond acceptors (Lipinski definition) is 1. The van der Waals surface area contributed by atoms with Gasteiger partial charge in [0.1, 0.15) is 0 Å². The Hall–Kier alpha value is -0.980. The molecule has 1 aromatic rings. The van der Waals surface area contributed by atoms with E-state index in [1.54, 1.807) is 0 Å². The average molecular weight is 189 g/mol. The number of benzene rings is 1. The van der Waals surface area contributed by atoms with Gasteiger partial charge in [-0.2, -0.15) is 0 Å². The summed E-state index contributed by atoms with van der Waals surface area (Å²) in [5.74, 6) is 0. The SMILES string of the molecule is CCCC1CCc2ccccc2N1C. The third kappa shape index (κ3) is 1.63. The van der Waals surface area contributed by atoms with Gasteiger partial charge in [0, 0.05) is 18.8 Å². The van der Waals surface area contributed by atoms with E-state index < -0.39 is 0 Å². The van der Waals surface area contributed by atoms with Gasteiger partial charge in [-0.05, 0) is 30.9 Å². The van der Waals surface area contributed by atoms with Gasteiger partial charge in [0.2, 0.25) is 0 Å². The van der Waals surface area contributed by atoms with Crippen molar-refractivity contribution in [3.63, 3.8) is 0 Å². The molecule has 0 fully saturated rings. The van der Waals surface area contributed by atoms with Crippen LogP contribution in [-0.2, 0) is 6.42 Å². The van der Waals surface area contributed by atoms with Crippen molar-refractivity contribution in [1.82, 2.24) is 0 Å². The summed E-state index contributed by atoms with van der Waals surface area (Å²) >= 11 is 0. The Kier molecular flexibility index (Phi) is 2.76. The maximum atomic E-state index is 2.46. The highest BCUT2D eigenvalue weighted by Crippen LogP contribution is 2.30. The Morgan fingerprint density at radius 3 is 2.93 bits per heavy atom. The lowest BCUT2D eigenvalue weighted by Gasteiger charge is -2.36. The zero-order valence-electron chi connectivity index (χ0n) is 9.16. The molecular weight excluding hydrogens is 170 g/mol. The molecule has 1 atom stereocenters. The minimum atomic E-state index is 0.759. The van der Waals surface area contributed by atoms with Crippen LogP contribution in [0.25, 0.3) is 0 Å². The second-order valence-corrected chi connectivity index (χ2v) is 4.22. The summed E-state index contributed by atoms with van der Waals surface area (Å²) < 4.78 is 0. The van der Waals surface area contributed by atoms with E-state index in [-0.39, 0.29) is 0 Å². The van der Waals surface area contributed by atoms with Gasteiger partial charge in [0.15, 0.2) is 0 Å². The molecule has 76 valence electrons. The molecule has 1 heterocycles. The molecule has 1 heteroatoms. The smallest absolute Gasteiger partial charge is 0.0398 e. The molecule has 0 aromatic heterocycles. The van der Waals surface area contributed by atoms with Crippen molar-refractivity contribution >= 4 is 5.69 Å². The Balaban J connectivity index is 2.22. The van der Waals surface area contributed by atoms with Crippen LogP contribution in [0.5, 0.6) is 0 Å². The third-order valence-electron chi connectivity index (χ3n) is 3.29. The Bertz CT molecular complexity index is 306. The second kappa shape index (κ2) is 4.04. The van der Waals surface area contributed by atoms with E-state index in [1.165, 1.54) is 36.9 Å². The van der Waals surface area contributed by atoms with E-state index in [0.29, 0.717) is 0 Å². The summed E-state index contributed by atoms with van der Waals surface area (Å²) in [5, 5.41) is 0. The molecule has 14 heavy (non-hydrogen) atoms. The Morgan fingerprint density at radius 1 is 1.36 bits per heavy atom. The van der Waals surface area contributed by atoms with E-state index in [2.05, 4.69) is 43.1 Å². The molecule has 0 spiro atoms. The number of hydrogen-bond donors (Lipinski definition) is 0. The van der Waals surface area contributed by atoms with Crippen LogP contribution in [0, 0.1) is 0 Å². The Morgan fingerprint density at radius 2 is 2.14 bits per heavy atom. The average Bonchev–Trinajstić information content (AvgIpc) is 2.23. The fourth-order valence-electron chi connectivity index (χ4n) is 2.45. The van der Waals surface area contributed by atoms with Crippen LogP contribution in [-0.4, -0.2) is 13.1 Å². The predicted molar refractivity (Wildman–Crippen MR) is 61.9 cm³/mol. The Labute approximate surface area is 86.7 Å². The van der Waals surface area contributed by atoms with Crippen LogP contribution >= 0.6 is 0 Å². The molecule has 0 saturated carbocycles. The van der Waals surface area contributed by atoms with Crippen LogP contribution in [0.2, 0.25) is 0 Å². The fourth-order valence-corrected chi connectivity index (χ4v) is 2.45. The summed E-state index contributed by atoms with van der Waals surface area (Å²) in [6.45, 7) is 2.27. The summed E-state index contributed by atoms with van der Waals surface area (Å²) in [5.41, 5.74) is 2.96. The number of fused-ring (bicyclic) bond motifs is 1. The van der Waals surface area contributed by atoms with Gasteiger partial charge in [-0.25, -0.2) is 0 Å². The zero-order chi connectivity index (χ0) is 9.97. The number of anilines is 1. The number of nitrogens with zero attached hydrogens (tertiary/aromatic N) is 1. The highest BCUT2D eigenvalue weighted by atomic mass is 15.1. The normalized spacial score (nSPS) is 20.7. The molecule has 1 aliphatic rings. The first-order valence-electron chi connectivity index (χ1n) is 5.63. The summed E-state index contributed by atoms with van der Waals surface area (Å²) in [6, 6.07) is 9.55. The van der Waals surface area contributed by atoms with Crippen molar-refractivity contribution in [3.8, 4) is 0 Å². The molecule has 2 rings (SSSR count). The van der Waals surface area contributed by atoms with Crippen LogP contribution in [0.4, 0.5) is 5.69 Å². The molecule has 1 aliphatic heterocycles. The van der Waals surface area contributed by atoms with Crippen molar-refractivity contribution in [1.29, 1.82) is 0 Å². The summed E-state index contributed by atoms with van der Waals surface area (Å²) in [7, 11) is 2.23. The lowest BCUT2D eigenvalue weighted by molar-refractivity contribution is 0.515. The molecule has 0 aliphatic carbocycles. The summed E-state index contributed by atoms with van der Waals surface area (Å²) in [6.07, 6.45) is 5.19. The second-order valence-electron chi connectivity index (χ2n) is 4.22. The van der Waals surface area contributed by atoms with Gasteiger partial charge in [-0.15, -0.1) is 0 Å². The van der Waals surface area contributed by atoms with Crippen molar-refractivity contribution in [2.24, 2.45) is 0 Å². The standard InChI is InChI=1S/C13H19N/c1-3-6-12-10-9-11-7-4-5-8-13(11)14(12)2/h4-5,7-8,12H,3,6,9-10H2,1-2H3. The van der Waals surface area contributed by atoms with E-state index in [1.807, 2.05) is 0 Å². The topological polar surface area (TPSA) is 3.24 Å². The van der Waals surface area contributed by atoms with Crippen molar-refractivity contribution in [2.45, 2.75) is 38.6 Å². The maximum Gasteiger partial charge on any atom is 0.0398 e. The van der Waals surface area contributed by atoms with Gasteiger partial charge in [-0.1, -0.05) is 31.5 Å². The summed E-state index contributed by atoms with van der Waals surface area (Å²) in [4.78, 5) is 2.46. The zero-order valence-corrected chi connectivity index (χ0v) is 9.16. The van der Waals surface area contributed by atoms with Gasteiger partial charge < -0.3 is 4.90 Å². The van der Waals surface area contributed by atoms with Crippen LogP contribution in [0.3, 0.4) is 0 Å². The quantitative estimate of drug-likeness (QED) is 0.690. The first-order chi connectivity index (χ1) is 6.83. The lowest BCUT2D eigenvalue weighted by atomic mass is 9.94. The first kappa shape index (κ1) is 9.57. The van der Waals surface area contributed by atoms with E-state index in [9.17, 15) is 0 Å². The lowest BCUT2D eigenvalue weighted by Crippen LogP contribution is -2.35. The predicted octanol–water partition coefficient (Wildman–Crippen LogP) is 3.24. The van der Waals surface area contributed by atoms with Crippen LogP contribution in [0.15, 0.2) is 24.3 Å². The minimum absolute atomic E-state index is 0.759. The minimum Gasteiger partial charge on any atom is -0.371 e. The van der Waals surface area contributed by atoms with Gasteiger partial charge in [0.05, 0.1) is 0 Å². The van der Waals surface area contributed by atoms with E-state index in [4.69, 9.17) is 0 Å². The van der Waals surface area contributed by atoms with E-state index in [0.717, 1.165) is 6.04 Å². The molecular formula is C13H19N. The monoisotopic (exact) mass is 189 g/mol. The molecule has 0 saturated heterocycles. The van der Waals surface area contributed by atoms with Gasteiger partial charge >= 0.3 is 0 Å². The highest BCUT2D eigenvalue weighted by molar-refractivity contribution is 5.55. The molecule has 1 unspecified atom stereocenters. The molecule has 1 aromatic carbocycles. The molecule has 0 bridgehead atoms. The molecule has 0 N–H and O–H groups in total. The highest BCUT2D eigenvalue weighted by Gasteiger charge is 2.21. The van der Waals surface area contributed by atoms with Crippen molar-refractivity contribution in [2.75, 3.05) is 11.9 Å². The third-order valence-corrected chi connectivity index (χ3v) is 3.29. The van der Waals surface area contributed by atoms with Gasteiger partial charge in [0.25, 0.3) is 0 Å². The number of para-hydroxylation sites is 1. The van der Waals surface area contributed by atoms with Crippen LogP contribution < -0.4 is 4.90 Å². The maximum absolute atomic E-state index is 2.46. The van der Waals surface area contributed by atoms with Crippen LogP contribution in [0.1, 0.15) is 31.7 Å². The largest absolute Gasteiger partial charge is 0.371 e. The first-order valence-corrected chi connectivity index (χ1v) is 5.63. The van der Waals surface area contributed by atoms with Gasteiger partial charge in [-0.3, -0.25) is 0 Å². The van der Waals surface area contributed by atoms with Crippen molar-refractivity contribution in [3.05, 3.63) is 29.8 Å². The molecule has 1 nitrogen and oxygen atoms in total. The van der Waals surface area contributed by atoms with E-state index >= 15 is 0 Å². The number of rotatable bonds is 2. The molecule has 0 amide bonds. The number of aryl methyl sites for hydroxylation is 1. The fraction of sp³-hybridized carbons (Fsp3) is 0.538. The molecule has 0 radical (unpaired) electrons. The van der Waals surface area contributed by atoms with Crippen molar-refractivity contribution < 1.29 is 0 Å².